The minimum absolute atomic E-state index is 0.0994. The highest BCUT2D eigenvalue weighted by Crippen LogP contribution is 2.66. The summed E-state index contributed by atoms with van der Waals surface area (Å²) in [6.45, 7) is 0. The lowest BCUT2D eigenvalue weighted by Gasteiger charge is -2.63. The third-order valence-electron chi connectivity index (χ3n) is 9.74. The first-order valence-electron chi connectivity index (χ1n) is 14.9. The van der Waals surface area contributed by atoms with Crippen molar-refractivity contribution in [2.45, 2.75) is 49.4 Å². The molecule has 0 aromatic heterocycles. The second-order valence-electron chi connectivity index (χ2n) is 12.6. The maximum Gasteiger partial charge on any atom is 0.0264 e. The van der Waals surface area contributed by atoms with Crippen molar-refractivity contribution in [2.75, 3.05) is 0 Å². The summed E-state index contributed by atoms with van der Waals surface area (Å²) in [6.07, 6.45) is 19.3. The van der Waals surface area contributed by atoms with E-state index in [9.17, 15) is 0 Å². The zero-order chi connectivity index (χ0) is 28.6. The molecule has 4 aliphatic carbocycles. The molecule has 4 saturated carbocycles. The van der Waals surface area contributed by atoms with Crippen molar-refractivity contribution >= 4 is 0 Å². The van der Waals surface area contributed by atoms with Crippen LogP contribution in [-0.2, 0) is 10.8 Å². The molecular formula is C42H32. The standard InChI is InChI=1S/C42H32/c1-3-31-19-35(17-15-33-11-7-5-8-12-33)24-39(22-31)41-26-37-21-38(27-41)29-42(28-37,30-41)40-23-32(4-2)20-36(25-40)18-16-34-13-9-6-10-14-34/h1-2,5-14,19-20,22-25,37-38H,21,26-30H2. The van der Waals surface area contributed by atoms with Gasteiger partial charge in [0.2, 0.25) is 0 Å². The van der Waals surface area contributed by atoms with Crippen LogP contribution in [0.15, 0.2) is 97.1 Å². The molecule has 0 spiro atoms. The largest absolute Gasteiger partial charge is 0.115 e. The molecule has 0 N–H and O–H groups in total. The molecule has 4 aromatic rings. The molecule has 0 aliphatic heterocycles. The topological polar surface area (TPSA) is 0 Å². The molecule has 0 heteroatoms. The molecule has 0 unspecified atom stereocenters. The van der Waals surface area contributed by atoms with Crippen molar-refractivity contribution in [1.29, 1.82) is 0 Å². The zero-order valence-electron chi connectivity index (χ0n) is 23.8. The highest BCUT2D eigenvalue weighted by molar-refractivity contribution is 5.54. The first-order chi connectivity index (χ1) is 20.5. The predicted octanol–water partition coefficient (Wildman–Crippen LogP) is 8.24. The Balaban J connectivity index is 1.29. The van der Waals surface area contributed by atoms with E-state index in [1.54, 1.807) is 0 Å². The van der Waals surface area contributed by atoms with Gasteiger partial charge in [-0.15, -0.1) is 12.8 Å². The Labute approximate surface area is 250 Å². The number of hydrogen-bond acceptors (Lipinski definition) is 0. The summed E-state index contributed by atoms with van der Waals surface area (Å²) < 4.78 is 0. The molecular weight excluding hydrogens is 504 g/mol. The van der Waals surface area contributed by atoms with Crippen molar-refractivity contribution in [3.63, 3.8) is 0 Å². The van der Waals surface area contributed by atoms with Crippen molar-refractivity contribution < 1.29 is 0 Å². The van der Waals surface area contributed by atoms with E-state index >= 15 is 0 Å². The average molecular weight is 537 g/mol. The van der Waals surface area contributed by atoms with Crippen molar-refractivity contribution in [2.24, 2.45) is 11.8 Å². The second kappa shape index (κ2) is 10.5. The van der Waals surface area contributed by atoms with Crippen LogP contribution in [0.5, 0.6) is 0 Å². The van der Waals surface area contributed by atoms with Gasteiger partial charge in [-0.1, -0.05) is 71.9 Å². The van der Waals surface area contributed by atoms with Crippen molar-refractivity contribution in [3.05, 3.63) is 142 Å². The van der Waals surface area contributed by atoms with Crippen LogP contribution in [-0.4, -0.2) is 0 Å². The van der Waals surface area contributed by atoms with Gasteiger partial charge in [0.25, 0.3) is 0 Å². The van der Waals surface area contributed by atoms with E-state index in [0.717, 1.165) is 39.8 Å². The molecule has 42 heavy (non-hydrogen) atoms. The molecule has 0 amide bonds. The van der Waals surface area contributed by atoms with Crippen LogP contribution < -0.4 is 0 Å². The van der Waals surface area contributed by atoms with Gasteiger partial charge in [0.05, 0.1) is 0 Å². The molecule has 0 radical (unpaired) electrons. The maximum atomic E-state index is 5.99. The smallest absolute Gasteiger partial charge is 0.0264 e. The SMILES string of the molecule is C#Cc1cc(C#Cc2ccccc2)cc(C23CC4CC(C2)CC(c2cc(C#C)cc(C#Cc5ccccc5)c2)(C4)C3)c1. The molecule has 0 saturated heterocycles. The van der Waals surface area contributed by atoms with Gasteiger partial charge in [-0.3, -0.25) is 0 Å². The fourth-order valence-corrected chi connectivity index (χ4v) is 8.45. The van der Waals surface area contributed by atoms with E-state index in [0.29, 0.717) is 11.8 Å². The maximum absolute atomic E-state index is 5.99. The Morgan fingerprint density at radius 3 is 1.26 bits per heavy atom. The molecule has 8 rings (SSSR count). The lowest BCUT2D eigenvalue weighted by atomic mass is 9.41. The van der Waals surface area contributed by atoms with Crippen LogP contribution in [0.1, 0.15) is 83.0 Å². The lowest BCUT2D eigenvalue weighted by Crippen LogP contribution is -2.56. The lowest BCUT2D eigenvalue weighted by molar-refractivity contribution is -0.0281. The third-order valence-corrected chi connectivity index (χ3v) is 9.74. The van der Waals surface area contributed by atoms with Crippen LogP contribution in [0, 0.1) is 60.2 Å². The normalized spacial score (nSPS) is 24.8. The van der Waals surface area contributed by atoms with Crippen LogP contribution in [0.3, 0.4) is 0 Å². The number of benzene rings is 4. The van der Waals surface area contributed by atoms with Gasteiger partial charge in [0.15, 0.2) is 0 Å². The van der Waals surface area contributed by atoms with E-state index in [4.69, 9.17) is 12.8 Å². The van der Waals surface area contributed by atoms with Gasteiger partial charge in [-0.2, -0.15) is 0 Å². The van der Waals surface area contributed by atoms with Gasteiger partial charge >= 0.3 is 0 Å². The Morgan fingerprint density at radius 2 is 0.857 bits per heavy atom. The summed E-state index contributed by atoms with van der Waals surface area (Å²) >= 11 is 0. The summed E-state index contributed by atoms with van der Waals surface area (Å²) in [7, 11) is 0. The first kappa shape index (κ1) is 26.0. The van der Waals surface area contributed by atoms with Gasteiger partial charge < -0.3 is 0 Å². The summed E-state index contributed by atoms with van der Waals surface area (Å²) in [4.78, 5) is 0. The van der Waals surface area contributed by atoms with Gasteiger partial charge in [0.1, 0.15) is 0 Å². The van der Waals surface area contributed by atoms with E-state index in [2.05, 4.69) is 71.9 Å². The quantitative estimate of drug-likeness (QED) is 0.226. The zero-order valence-corrected chi connectivity index (χ0v) is 23.8. The minimum Gasteiger partial charge on any atom is -0.115 e. The van der Waals surface area contributed by atoms with Crippen LogP contribution in [0.2, 0.25) is 0 Å². The molecule has 0 heterocycles. The third kappa shape index (κ3) is 4.92. The highest BCUT2D eigenvalue weighted by Gasteiger charge is 2.58. The van der Waals surface area contributed by atoms with E-state index in [1.807, 2.05) is 60.7 Å². The molecule has 200 valence electrons. The Morgan fingerprint density at radius 1 is 0.476 bits per heavy atom. The minimum atomic E-state index is 0.0994. The molecule has 0 atom stereocenters. The van der Waals surface area contributed by atoms with Crippen LogP contribution in [0.4, 0.5) is 0 Å². The molecule has 4 aliphatic rings. The van der Waals surface area contributed by atoms with Crippen molar-refractivity contribution in [1.82, 2.24) is 0 Å². The highest BCUT2D eigenvalue weighted by atomic mass is 14.6. The molecule has 0 nitrogen and oxygen atoms in total. The summed E-state index contributed by atoms with van der Waals surface area (Å²) in [6, 6.07) is 33.6. The monoisotopic (exact) mass is 536 g/mol. The van der Waals surface area contributed by atoms with E-state index in [1.165, 1.54) is 43.2 Å². The Kier molecular flexibility index (Phi) is 6.52. The van der Waals surface area contributed by atoms with E-state index in [-0.39, 0.29) is 10.8 Å². The number of terminal acetylenes is 2. The van der Waals surface area contributed by atoms with Gasteiger partial charge in [-0.05, 0) is 133 Å². The average Bonchev–Trinajstić information content (AvgIpc) is 3.03. The van der Waals surface area contributed by atoms with Crippen molar-refractivity contribution in [3.8, 4) is 48.4 Å². The van der Waals surface area contributed by atoms with Gasteiger partial charge in [-0.25, -0.2) is 0 Å². The first-order valence-corrected chi connectivity index (χ1v) is 14.9. The van der Waals surface area contributed by atoms with E-state index < -0.39 is 0 Å². The fourth-order valence-electron chi connectivity index (χ4n) is 8.45. The molecule has 4 fully saturated rings. The fraction of sp³-hybridized carbons (Fsp3) is 0.238. The predicted molar refractivity (Wildman–Crippen MR) is 172 cm³/mol. The summed E-state index contributed by atoms with van der Waals surface area (Å²) in [5, 5.41) is 0. The second-order valence-corrected chi connectivity index (χ2v) is 12.6. The number of rotatable bonds is 2. The Hall–Kier alpha value is -4.88. The Bertz CT molecular complexity index is 1720. The van der Waals surface area contributed by atoms with Gasteiger partial charge in [0, 0.05) is 33.4 Å². The molecule has 4 bridgehead atoms. The summed E-state index contributed by atoms with van der Waals surface area (Å²) in [5.41, 5.74) is 8.80. The summed E-state index contributed by atoms with van der Waals surface area (Å²) in [5.74, 6) is 20.8. The number of hydrogen-bond donors (Lipinski definition) is 0. The van der Waals surface area contributed by atoms with Crippen LogP contribution >= 0.6 is 0 Å². The molecule has 4 aromatic carbocycles. The van der Waals surface area contributed by atoms with Crippen LogP contribution in [0.25, 0.3) is 0 Å².